The first-order valence-electron chi connectivity index (χ1n) is 5.28. The van der Waals surface area contributed by atoms with Gasteiger partial charge in [-0.1, -0.05) is 19.9 Å². The lowest BCUT2D eigenvalue weighted by Crippen LogP contribution is -2.29. The van der Waals surface area contributed by atoms with Crippen molar-refractivity contribution in [2.75, 3.05) is 13.7 Å². The number of hydrogen-bond acceptors (Lipinski definition) is 2. The molecule has 0 unspecified atom stereocenters. The Kier molecular flexibility index (Phi) is 3.40. The van der Waals surface area contributed by atoms with Crippen LogP contribution in [0.3, 0.4) is 0 Å². The van der Waals surface area contributed by atoms with E-state index in [0.29, 0.717) is 6.54 Å². The number of ether oxygens (including phenoxy) is 1. The smallest absolute Gasteiger partial charge is 0.122 e. The van der Waals surface area contributed by atoms with Crippen LogP contribution in [0.5, 0.6) is 5.75 Å². The van der Waals surface area contributed by atoms with E-state index in [4.69, 9.17) is 10.5 Å². The first kappa shape index (κ1) is 12.1. The minimum Gasteiger partial charge on any atom is -0.496 e. The summed E-state index contributed by atoms with van der Waals surface area (Å²) in [7, 11) is 1.70. The van der Waals surface area contributed by atoms with E-state index >= 15 is 0 Å². The van der Waals surface area contributed by atoms with Gasteiger partial charge in [0.15, 0.2) is 0 Å². The Morgan fingerprint density at radius 1 is 1.20 bits per heavy atom. The zero-order valence-electron chi connectivity index (χ0n) is 10.3. The number of nitrogens with two attached hydrogens (primary N) is 1. The molecule has 1 aromatic carbocycles. The Morgan fingerprint density at radius 3 is 2.27 bits per heavy atom. The van der Waals surface area contributed by atoms with E-state index in [-0.39, 0.29) is 5.41 Å². The maximum absolute atomic E-state index is 5.80. The molecule has 2 nitrogen and oxygen atoms in total. The zero-order chi connectivity index (χ0) is 11.6. The van der Waals surface area contributed by atoms with E-state index in [1.54, 1.807) is 7.11 Å². The average molecular weight is 207 g/mol. The lowest BCUT2D eigenvalue weighted by Gasteiger charge is -2.26. The summed E-state index contributed by atoms with van der Waals surface area (Å²) in [5.41, 5.74) is 9.62. The maximum atomic E-state index is 5.80. The summed E-state index contributed by atoms with van der Waals surface area (Å²) < 4.78 is 5.30. The minimum absolute atomic E-state index is 0.0289. The minimum atomic E-state index is 0.0289. The molecule has 1 aromatic rings. The number of hydrogen-bond donors (Lipinski definition) is 1. The molecule has 0 radical (unpaired) electrons. The second-order valence-electron chi connectivity index (χ2n) is 4.65. The van der Waals surface area contributed by atoms with Gasteiger partial charge >= 0.3 is 0 Å². The van der Waals surface area contributed by atoms with Crippen molar-refractivity contribution in [2.45, 2.75) is 33.1 Å². The summed E-state index contributed by atoms with van der Waals surface area (Å²) in [6.45, 7) is 9.21. The molecule has 0 saturated carbocycles. The summed E-state index contributed by atoms with van der Waals surface area (Å²) >= 11 is 0. The van der Waals surface area contributed by atoms with Crippen LogP contribution in [0.1, 0.15) is 30.5 Å². The fourth-order valence-electron chi connectivity index (χ4n) is 1.86. The van der Waals surface area contributed by atoms with Crippen LogP contribution in [-0.2, 0) is 5.41 Å². The van der Waals surface area contributed by atoms with E-state index in [2.05, 4.69) is 33.8 Å². The van der Waals surface area contributed by atoms with Gasteiger partial charge in [0.1, 0.15) is 5.75 Å². The van der Waals surface area contributed by atoms with E-state index in [1.165, 1.54) is 16.7 Å². The van der Waals surface area contributed by atoms with Crippen LogP contribution < -0.4 is 10.5 Å². The Bertz CT molecular complexity index is 356. The zero-order valence-corrected chi connectivity index (χ0v) is 10.3. The monoisotopic (exact) mass is 207 g/mol. The van der Waals surface area contributed by atoms with Gasteiger partial charge < -0.3 is 10.5 Å². The lowest BCUT2D eigenvalue weighted by atomic mass is 9.81. The van der Waals surface area contributed by atoms with E-state index in [9.17, 15) is 0 Å². The van der Waals surface area contributed by atoms with Gasteiger partial charge in [-0.2, -0.15) is 0 Å². The fraction of sp³-hybridized carbons (Fsp3) is 0.538. The van der Waals surface area contributed by atoms with Crippen molar-refractivity contribution in [1.29, 1.82) is 0 Å². The summed E-state index contributed by atoms with van der Waals surface area (Å²) in [5.74, 6) is 0.948. The second-order valence-corrected chi connectivity index (χ2v) is 4.65. The molecule has 0 atom stereocenters. The van der Waals surface area contributed by atoms with Gasteiger partial charge in [-0.05, 0) is 36.6 Å². The molecule has 0 aliphatic heterocycles. The summed E-state index contributed by atoms with van der Waals surface area (Å²) in [6.07, 6.45) is 0. The SMILES string of the molecule is COc1ccc(C(C)(C)CN)c(C)c1C. The van der Waals surface area contributed by atoms with Crippen molar-refractivity contribution in [1.82, 2.24) is 0 Å². The van der Waals surface area contributed by atoms with E-state index in [1.807, 2.05) is 6.07 Å². The van der Waals surface area contributed by atoms with E-state index < -0.39 is 0 Å². The van der Waals surface area contributed by atoms with Crippen LogP contribution >= 0.6 is 0 Å². The molecule has 15 heavy (non-hydrogen) atoms. The van der Waals surface area contributed by atoms with Gasteiger partial charge in [0, 0.05) is 12.0 Å². The van der Waals surface area contributed by atoms with Crippen LogP contribution in [0.15, 0.2) is 12.1 Å². The van der Waals surface area contributed by atoms with Gasteiger partial charge in [0.05, 0.1) is 7.11 Å². The molecule has 0 aromatic heterocycles. The lowest BCUT2D eigenvalue weighted by molar-refractivity contribution is 0.410. The van der Waals surface area contributed by atoms with Crippen LogP contribution in [0.25, 0.3) is 0 Å². The van der Waals surface area contributed by atoms with Crippen LogP contribution in [-0.4, -0.2) is 13.7 Å². The molecule has 0 amide bonds. The Morgan fingerprint density at radius 2 is 1.80 bits per heavy atom. The van der Waals surface area contributed by atoms with Crippen molar-refractivity contribution in [3.8, 4) is 5.75 Å². The molecule has 0 heterocycles. The number of rotatable bonds is 3. The van der Waals surface area contributed by atoms with Crippen molar-refractivity contribution in [3.05, 3.63) is 28.8 Å². The van der Waals surface area contributed by atoms with Crippen molar-refractivity contribution in [3.63, 3.8) is 0 Å². The Labute approximate surface area is 92.4 Å². The number of methoxy groups -OCH3 is 1. The molecular formula is C13H21NO. The molecule has 0 spiro atoms. The average Bonchev–Trinajstić information content (AvgIpc) is 2.21. The van der Waals surface area contributed by atoms with Crippen LogP contribution in [0.4, 0.5) is 0 Å². The highest BCUT2D eigenvalue weighted by Crippen LogP contribution is 2.31. The third-order valence-corrected chi connectivity index (χ3v) is 3.20. The molecule has 0 fully saturated rings. The molecule has 0 saturated heterocycles. The molecular weight excluding hydrogens is 186 g/mol. The van der Waals surface area contributed by atoms with Crippen LogP contribution in [0.2, 0.25) is 0 Å². The summed E-state index contributed by atoms with van der Waals surface area (Å²) in [6, 6.07) is 4.14. The molecule has 84 valence electrons. The van der Waals surface area contributed by atoms with E-state index in [0.717, 1.165) is 5.75 Å². The largest absolute Gasteiger partial charge is 0.496 e. The predicted molar refractivity (Wildman–Crippen MR) is 64.5 cm³/mol. The van der Waals surface area contributed by atoms with Gasteiger partial charge in [0.25, 0.3) is 0 Å². The highest BCUT2D eigenvalue weighted by atomic mass is 16.5. The quantitative estimate of drug-likeness (QED) is 0.826. The first-order valence-corrected chi connectivity index (χ1v) is 5.28. The summed E-state index contributed by atoms with van der Waals surface area (Å²) in [4.78, 5) is 0. The van der Waals surface area contributed by atoms with Crippen LogP contribution in [0, 0.1) is 13.8 Å². The third-order valence-electron chi connectivity index (χ3n) is 3.20. The van der Waals surface area contributed by atoms with Crippen molar-refractivity contribution >= 4 is 0 Å². The molecule has 2 N–H and O–H groups in total. The molecule has 2 heteroatoms. The Hall–Kier alpha value is -1.02. The molecule has 0 aliphatic carbocycles. The third kappa shape index (κ3) is 2.15. The highest BCUT2D eigenvalue weighted by Gasteiger charge is 2.22. The van der Waals surface area contributed by atoms with Gasteiger partial charge in [0.2, 0.25) is 0 Å². The molecule has 0 bridgehead atoms. The van der Waals surface area contributed by atoms with Gasteiger partial charge in [-0.3, -0.25) is 0 Å². The Balaban J connectivity index is 3.29. The standard InChI is InChI=1S/C13H21NO/c1-9-10(2)12(15-5)7-6-11(9)13(3,4)8-14/h6-7H,8,14H2,1-5H3. The highest BCUT2D eigenvalue weighted by molar-refractivity contribution is 5.46. The van der Waals surface area contributed by atoms with Gasteiger partial charge in [-0.15, -0.1) is 0 Å². The topological polar surface area (TPSA) is 35.2 Å². The normalized spacial score (nSPS) is 11.6. The second kappa shape index (κ2) is 4.23. The predicted octanol–water partition coefficient (Wildman–Crippen LogP) is 2.55. The maximum Gasteiger partial charge on any atom is 0.122 e. The molecule has 1 rings (SSSR count). The van der Waals surface area contributed by atoms with Gasteiger partial charge in [-0.25, -0.2) is 0 Å². The van der Waals surface area contributed by atoms with Crippen molar-refractivity contribution < 1.29 is 4.74 Å². The number of benzene rings is 1. The summed E-state index contributed by atoms with van der Waals surface area (Å²) in [5, 5.41) is 0. The van der Waals surface area contributed by atoms with Crippen molar-refractivity contribution in [2.24, 2.45) is 5.73 Å². The first-order chi connectivity index (χ1) is 6.94. The molecule has 0 aliphatic rings. The fourth-order valence-corrected chi connectivity index (χ4v) is 1.86.